The lowest BCUT2D eigenvalue weighted by molar-refractivity contribution is 0.547. The van der Waals surface area contributed by atoms with Gasteiger partial charge >= 0.3 is 5.63 Å². The summed E-state index contributed by atoms with van der Waals surface area (Å²) in [5.41, 5.74) is 0.527. The maximum atomic E-state index is 11.6. The number of fused-ring (bicyclic) bond motifs is 1. The fourth-order valence-corrected chi connectivity index (χ4v) is 1.38. The van der Waals surface area contributed by atoms with Gasteiger partial charge in [-0.3, -0.25) is 0 Å². The van der Waals surface area contributed by atoms with E-state index in [0.717, 1.165) is 0 Å². The van der Waals surface area contributed by atoms with Gasteiger partial charge in [-0.2, -0.15) is 0 Å². The fourth-order valence-electron chi connectivity index (χ4n) is 1.38. The number of nitrogens with one attached hydrogen (secondary N) is 1. The highest BCUT2D eigenvalue weighted by molar-refractivity contribution is 5.72. The summed E-state index contributed by atoms with van der Waals surface area (Å²) >= 11 is 0. The molecule has 84 valence electrons. The molecule has 0 amide bonds. The van der Waals surface area contributed by atoms with Gasteiger partial charge in [0.2, 0.25) is 5.82 Å². The number of nitrogens with zero attached hydrogens (tertiary/aromatic N) is 1. The number of hydrogen-bond acceptors (Lipinski definition) is 4. The van der Waals surface area contributed by atoms with Crippen molar-refractivity contribution in [2.45, 2.75) is 26.3 Å². The highest BCUT2D eigenvalue weighted by Gasteiger charge is 2.14. The summed E-state index contributed by atoms with van der Waals surface area (Å²) in [5, 5.41) is 3.02. The second-order valence-electron chi connectivity index (χ2n) is 4.69. The summed E-state index contributed by atoms with van der Waals surface area (Å²) in [6.07, 6.45) is 0. The van der Waals surface area contributed by atoms with Crippen LogP contribution in [0, 0.1) is 0 Å². The molecule has 2 aromatic rings. The van der Waals surface area contributed by atoms with Gasteiger partial charge < -0.3 is 9.73 Å². The van der Waals surface area contributed by atoms with Crippen LogP contribution in [0.3, 0.4) is 0 Å². The van der Waals surface area contributed by atoms with Crippen molar-refractivity contribution in [3.8, 4) is 0 Å². The minimum Gasteiger partial charge on any atom is -0.418 e. The lowest BCUT2D eigenvalue weighted by Gasteiger charge is -2.20. The molecule has 0 saturated heterocycles. The zero-order valence-electron chi connectivity index (χ0n) is 9.57. The van der Waals surface area contributed by atoms with Crippen molar-refractivity contribution in [2.75, 3.05) is 5.32 Å². The van der Waals surface area contributed by atoms with Crippen molar-refractivity contribution in [2.24, 2.45) is 0 Å². The average molecular weight is 218 g/mol. The van der Waals surface area contributed by atoms with Gasteiger partial charge in [0.25, 0.3) is 0 Å². The second-order valence-corrected chi connectivity index (χ2v) is 4.69. The number of benzene rings is 1. The maximum absolute atomic E-state index is 11.6. The highest BCUT2D eigenvalue weighted by Crippen LogP contribution is 2.13. The third-order valence-corrected chi connectivity index (χ3v) is 1.99. The quantitative estimate of drug-likeness (QED) is 0.798. The predicted octanol–water partition coefficient (Wildman–Crippen LogP) is 2.40. The molecule has 0 fully saturated rings. The topological polar surface area (TPSA) is 55.1 Å². The fraction of sp³-hybridized carbons (Fsp3) is 0.333. The van der Waals surface area contributed by atoms with E-state index in [-0.39, 0.29) is 11.4 Å². The van der Waals surface area contributed by atoms with Crippen LogP contribution >= 0.6 is 0 Å². The first-order chi connectivity index (χ1) is 7.46. The van der Waals surface area contributed by atoms with E-state index in [2.05, 4.69) is 10.3 Å². The molecule has 1 aromatic heterocycles. The van der Waals surface area contributed by atoms with E-state index in [9.17, 15) is 4.79 Å². The van der Waals surface area contributed by atoms with E-state index in [1.54, 1.807) is 6.07 Å². The van der Waals surface area contributed by atoms with Crippen molar-refractivity contribution in [1.29, 1.82) is 0 Å². The first-order valence-corrected chi connectivity index (χ1v) is 5.14. The Labute approximate surface area is 93.3 Å². The smallest absolute Gasteiger partial charge is 0.379 e. The summed E-state index contributed by atoms with van der Waals surface area (Å²) in [5.74, 6) is 0.256. The van der Waals surface area contributed by atoms with Crippen LogP contribution in [0.25, 0.3) is 11.1 Å². The number of hydrogen-bond donors (Lipinski definition) is 1. The van der Waals surface area contributed by atoms with Crippen LogP contribution in [0.2, 0.25) is 0 Å². The normalized spacial score (nSPS) is 11.7. The zero-order chi connectivity index (χ0) is 11.8. The predicted molar refractivity (Wildman–Crippen MR) is 63.7 cm³/mol. The van der Waals surface area contributed by atoms with Crippen molar-refractivity contribution in [3.63, 3.8) is 0 Å². The van der Waals surface area contributed by atoms with Gasteiger partial charge in [0.1, 0.15) is 5.52 Å². The number of aromatic nitrogens is 1. The van der Waals surface area contributed by atoms with Crippen molar-refractivity contribution >= 4 is 16.9 Å². The molecule has 0 atom stereocenters. The lowest BCUT2D eigenvalue weighted by Crippen LogP contribution is -2.30. The summed E-state index contributed by atoms with van der Waals surface area (Å²) in [6.45, 7) is 5.88. The van der Waals surface area contributed by atoms with Crippen molar-refractivity contribution < 1.29 is 4.42 Å². The summed E-state index contributed by atoms with van der Waals surface area (Å²) in [6, 6.07) is 7.21. The highest BCUT2D eigenvalue weighted by atomic mass is 16.4. The van der Waals surface area contributed by atoms with Gasteiger partial charge in [-0.15, -0.1) is 0 Å². The molecule has 1 heterocycles. The van der Waals surface area contributed by atoms with Crippen molar-refractivity contribution in [3.05, 3.63) is 34.7 Å². The van der Waals surface area contributed by atoms with Crippen LogP contribution in [0.4, 0.5) is 5.82 Å². The molecule has 16 heavy (non-hydrogen) atoms. The van der Waals surface area contributed by atoms with E-state index < -0.39 is 5.63 Å². The van der Waals surface area contributed by atoms with Crippen LogP contribution in [0.1, 0.15) is 20.8 Å². The molecule has 0 radical (unpaired) electrons. The Morgan fingerprint density at radius 1 is 1.25 bits per heavy atom. The number of para-hydroxylation sites is 2. The molecule has 0 aliphatic rings. The van der Waals surface area contributed by atoms with Gasteiger partial charge in [0.15, 0.2) is 5.58 Å². The Morgan fingerprint density at radius 3 is 2.62 bits per heavy atom. The minimum absolute atomic E-state index is 0.218. The Morgan fingerprint density at radius 2 is 1.94 bits per heavy atom. The molecule has 4 heteroatoms. The van der Waals surface area contributed by atoms with E-state index in [1.807, 2.05) is 39.0 Å². The third kappa shape index (κ3) is 2.21. The third-order valence-electron chi connectivity index (χ3n) is 1.99. The SMILES string of the molecule is CC(C)(C)Nc1nc2ccccc2oc1=O. The first-order valence-electron chi connectivity index (χ1n) is 5.14. The van der Waals surface area contributed by atoms with Crippen LogP contribution in [0.15, 0.2) is 33.5 Å². The van der Waals surface area contributed by atoms with Gasteiger partial charge in [-0.05, 0) is 32.9 Å². The molecule has 1 N–H and O–H groups in total. The zero-order valence-corrected chi connectivity index (χ0v) is 9.57. The van der Waals surface area contributed by atoms with E-state index in [0.29, 0.717) is 11.1 Å². The first kappa shape index (κ1) is 10.7. The van der Waals surface area contributed by atoms with Crippen LogP contribution in [-0.4, -0.2) is 10.5 Å². The Kier molecular flexibility index (Phi) is 2.42. The van der Waals surface area contributed by atoms with E-state index in [4.69, 9.17) is 4.42 Å². The Hall–Kier alpha value is -1.84. The van der Waals surface area contributed by atoms with E-state index >= 15 is 0 Å². The molecule has 4 nitrogen and oxygen atoms in total. The molecular formula is C12H14N2O2. The summed E-state index contributed by atoms with van der Waals surface area (Å²) in [4.78, 5) is 15.9. The molecule has 2 rings (SSSR count). The molecule has 0 aliphatic carbocycles. The van der Waals surface area contributed by atoms with Gasteiger partial charge in [0.05, 0.1) is 0 Å². The second kappa shape index (κ2) is 3.63. The molecule has 0 unspecified atom stereocenters. The molecule has 0 aliphatic heterocycles. The number of rotatable bonds is 1. The largest absolute Gasteiger partial charge is 0.418 e. The molecule has 0 bridgehead atoms. The van der Waals surface area contributed by atoms with Crippen LogP contribution < -0.4 is 10.9 Å². The molecular weight excluding hydrogens is 204 g/mol. The van der Waals surface area contributed by atoms with Gasteiger partial charge in [-0.25, -0.2) is 9.78 Å². The Bertz CT molecular complexity index is 567. The number of anilines is 1. The Balaban J connectivity index is 2.55. The minimum atomic E-state index is -0.436. The molecule has 0 saturated carbocycles. The maximum Gasteiger partial charge on any atom is 0.379 e. The standard InChI is InChI=1S/C12H14N2O2/c1-12(2,3)14-10-11(15)16-9-7-5-4-6-8(9)13-10/h4-7H,1-3H3,(H,13,14). The van der Waals surface area contributed by atoms with Gasteiger partial charge in [0, 0.05) is 5.54 Å². The van der Waals surface area contributed by atoms with Crippen LogP contribution in [-0.2, 0) is 0 Å². The summed E-state index contributed by atoms with van der Waals surface area (Å²) in [7, 11) is 0. The van der Waals surface area contributed by atoms with Gasteiger partial charge in [-0.1, -0.05) is 12.1 Å². The van der Waals surface area contributed by atoms with E-state index in [1.165, 1.54) is 0 Å². The molecule has 1 aromatic carbocycles. The summed E-state index contributed by atoms with van der Waals surface area (Å²) < 4.78 is 5.16. The molecule has 0 spiro atoms. The van der Waals surface area contributed by atoms with Crippen molar-refractivity contribution in [1.82, 2.24) is 4.98 Å². The monoisotopic (exact) mass is 218 g/mol. The average Bonchev–Trinajstić information content (AvgIpc) is 2.17. The lowest BCUT2D eigenvalue weighted by atomic mass is 10.1. The van der Waals surface area contributed by atoms with Crippen LogP contribution in [0.5, 0.6) is 0 Å².